The molecule has 0 unspecified atom stereocenters. The first-order chi connectivity index (χ1) is 15.1. The second-order valence-corrected chi connectivity index (χ2v) is 10.6. The number of aromatic nitrogens is 2. The van der Waals surface area contributed by atoms with Crippen molar-refractivity contribution in [1.82, 2.24) is 15.0 Å². The number of sulfone groups is 1. The summed E-state index contributed by atoms with van der Waals surface area (Å²) in [6, 6.07) is 3.53. The lowest BCUT2D eigenvalue weighted by Crippen LogP contribution is -2.47. The molecule has 1 aromatic heterocycles. The van der Waals surface area contributed by atoms with Crippen LogP contribution in [0, 0.1) is 5.82 Å². The molecule has 1 aromatic carbocycles. The molecule has 0 saturated carbocycles. The summed E-state index contributed by atoms with van der Waals surface area (Å²) >= 11 is 0. The van der Waals surface area contributed by atoms with Crippen molar-refractivity contribution in [2.24, 2.45) is 0 Å². The van der Waals surface area contributed by atoms with E-state index in [1.807, 2.05) is 13.8 Å². The summed E-state index contributed by atoms with van der Waals surface area (Å²) in [4.78, 5) is 21.1. The number of hydrogen-bond acceptors (Lipinski definition) is 8. The number of ether oxygens (including phenoxy) is 1. The van der Waals surface area contributed by atoms with E-state index < -0.39 is 21.8 Å². The molecule has 4 rings (SSSR count). The van der Waals surface area contributed by atoms with Gasteiger partial charge in [-0.25, -0.2) is 12.8 Å². The molecule has 0 radical (unpaired) electrons. The number of piperidine rings is 1. The molecule has 32 heavy (non-hydrogen) atoms. The average molecular weight is 467 g/mol. The number of benzene rings is 1. The third kappa shape index (κ3) is 4.57. The molecule has 2 saturated heterocycles. The lowest BCUT2D eigenvalue weighted by Gasteiger charge is -2.36. The van der Waals surface area contributed by atoms with Gasteiger partial charge in [-0.2, -0.15) is 4.98 Å². The maximum absolute atomic E-state index is 14.3. The van der Waals surface area contributed by atoms with Crippen LogP contribution in [-0.2, 0) is 14.6 Å². The number of rotatable bonds is 6. The van der Waals surface area contributed by atoms with Crippen LogP contribution < -0.4 is 9.64 Å². The summed E-state index contributed by atoms with van der Waals surface area (Å²) < 4.78 is 48.4. The number of nitrogens with zero attached hydrogens (tertiary/aromatic N) is 4. The molecule has 1 atom stereocenters. The fourth-order valence-electron chi connectivity index (χ4n) is 4.08. The van der Waals surface area contributed by atoms with Gasteiger partial charge in [0, 0.05) is 44.3 Å². The van der Waals surface area contributed by atoms with Crippen molar-refractivity contribution in [2.45, 2.75) is 56.1 Å². The SMILES string of the molecule is CC(C)c1nc(N2CCC(N3CC[C@H](Oc4ccc(S(C)(=O)=O)cc4F)C3=O)CC2)no1. The van der Waals surface area contributed by atoms with Gasteiger partial charge in [0.2, 0.25) is 5.89 Å². The van der Waals surface area contributed by atoms with Crippen molar-refractivity contribution >= 4 is 21.7 Å². The van der Waals surface area contributed by atoms with Crippen LogP contribution in [0.5, 0.6) is 5.75 Å². The number of likely N-dealkylation sites (tertiary alicyclic amines) is 1. The molecule has 1 amide bonds. The van der Waals surface area contributed by atoms with Crippen LogP contribution in [0.25, 0.3) is 0 Å². The van der Waals surface area contributed by atoms with Crippen LogP contribution in [0.4, 0.5) is 10.3 Å². The lowest BCUT2D eigenvalue weighted by molar-refractivity contribution is -0.135. The van der Waals surface area contributed by atoms with Gasteiger partial charge < -0.3 is 19.1 Å². The van der Waals surface area contributed by atoms with Crippen LogP contribution in [0.1, 0.15) is 44.9 Å². The van der Waals surface area contributed by atoms with Gasteiger partial charge in [0.25, 0.3) is 11.9 Å². The molecule has 11 heteroatoms. The van der Waals surface area contributed by atoms with Crippen LogP contribution in [0.3, 0.4) is 0 Å². The average Bonchev–Trinajstić information content (AvgIpc) is 3.37. The van der Waals surface area contributed by atoms with Gasteiger partial charge in [-0.05, 0) is 36.2 Å². The Morgan fingerprint density at radius 1 is 1.19 bits per heavy atom. The van der Waals surface area contributed by atoms with E-state index in [9.17, 15) is 17.6 Å². The Labute approximate surface area is 186 Å². The molecule has 3 heterocycles. The molecule has 0 aliphatic carbocycles. The zero-order chi connectivity index (χ0) is 23.0. The van der Waals surface area contributed by atoms with Gasteiger partial charge in [-0.15, -0.1) is 0 Å². The van der Waals surface area contributed by atoms with Crippen molar-refractivity contribution in [3.63, 3.8) is 0 Å². The van der Waals surface area contributed by atoms with Crippen molar-refractivity contribution in [3.05, 3.63) is 29.9 Å². The van der Waals surface area contributed by atoms with E-state index in [4.69, 9.17) is 9.26 Å². The molecule has 2 aromatic rings. The van der Waals surface area contributed by atoms with Gasteiger partial charge in [0.05, 0.1) is 4.90 Å². The van der Waals surface area contributed by atoms with Crippen molar-refractivity contribution in [3.8, 4) is 5.75 Å². The molecule has 0 spiro atoms. The summed E-state index contributed by atoms with van der Waals surface area (Å²) in [5, 5.41) is 4.05. The Hall–Kier alpha value is -2.69. The quantitative estimate of drug-likeness (QED) is 0.639. The van der Waals surface area contributed by atoms with E-state index >= 15 is 0 Å². The summed E-state index contributed by atoms with van der Waals surface area (Å²) in [6.45, 7) is 5.94. The van der Waals surface area contributed by atoms with Gasteiger partial charge in [0.15, 0.2) is 27.5 Å². The largest absolute Gasteiger partial charge is 0.477 e. The fraction of sp³-hybridized carbons (Fsp3) is 0.571. The van der Waals surface area contributed by atoms with Crippen LogP contribution in [-0.4, -0.2) is 67.4 Å². The van der Waals surface area contributed by atoms with E-state index in [1.165, 1.54) is 12.1 Å². The van der Waals surface area contributed by atoms with Crippen molar-refractivity contribution < 1.29 is 26.9 Å². The van der Waals surface area contributed by atoms with E-state index in [0.29, 0.717) is 37.9 Å². The number of carbonyl (C=O) groups is 1. The third-order valence-corrected chi connectivity index (χ3v) is 7.01. The van der Waals surface area contributed by atoms with E-state index in [2.05, 4.69) is 15.0 Å². The van der Waals surface area contributed by atoms with Gasteiger partial charge in [0.1, 0.15) is 0 Å². The molecular weight excluding hydrogens is 439 g/mol. The highest BCUT2D eigenvalue weighted by Crippen LogP contribution is 2.29. The van der Waals surface area contributed by atoms with Crippen LogP contribution >= 0.6 is 0 Å². The van der Waals surface area contributed by atoms with E-state index in [0.717, 1.165) is 25.2 Å². The van der Waals surface area contributed by atoms with Gasteiger partial charge in [-0.3, -0.25) is 4.79 Å². The molecule has 2 fully saturated rings. The van der Waals surface area contributed by atoms with E-state index in [1.54, 1.807) is 4.90 Å². The third-order valence-electron chi connectivity index (χ3n) is 5.90. The van der Waals surface area contributed by atoms with Crippen LogP contribution in [0.2, 0.25) is 0 Å². The number of hydrogen-bond donors (Lipinski definition) is 0. The standard InChI is InChI=1S/C21H27FN4O5S/c1-13(2)19-23-21(24-31-19)25-9-6-14(7-10-25)26-11-8-18(20(26)27)30-17-5-4-15(12-16(17)22)32(3,28)29/h4-5,12-14,18H,6-11H2,1-3H3/t18-/m0/s1. The Kier molecular flexibility index (Phi) is 6.11. The molecule has 2 aliphatic heterocycles. The number of anilines is 1. The second-order valence-electron chi connectivity index (χ2n) is 8.60. The lowest BCUT2D eigenvalue weighted by atomic mass is 10.0. The summed E-state index contributed by atoms with van der Waals surface area (Å²) in [5.74, 6) is 0.263. The fourth-order valence-corrected chi connectivity index (χ4v) is 4.71. The minimum atomic E-state index is -3.52. The first-order valence-corrected chi connectivity index (χ1v) is 12.6. The highest BCUT2D eigenvalue weighted by atomic mass is 32.2. The highest BCUT2D eigenvalue weighted by molar-refractivity contribution is 7.90. The molecule has 9 nitrogen and oxygen atoms in total. The normalized spacial score (nSPS) is 20.4. The molecule has 174 valence electrons. The molecular formula is C21H27FN4O5S. The monoisotopic (exact) mass is 466 g/mol. The smallest absolute Gasteiger partial charge is 0.266 e. The Morgan fingerprint density at radius 3 is 2.50 bits per heavy atom. The maximum Gasteiger partial charge on any atom is 0.266 e. The first-order valence-electron chi connectivity index (χ1n) is 10.7. The zero-order valence-corrected chi connectivity index (χ0v) is 19.1. The number of halogens is 1. The van der Waals surface area contributed by atoms with Crippen molar-refractivity contribution in [2.75, 3.05) is 30.8 Å². The first kappa shape index (κ1) is 22.5. The van der Waals surface area contributed by atoms with Crippen LogP contribution in [0.15, 0.2) is 27.6 Å². The maximum atomic E-state index is 14.3. The summed E-state index contributed by atoms with van der Waals surface area (Å²) in [6.07, 6.45) is 2.21. The number of amides is 1. The predicted octanol–water partition coefficient (Wildman–Crippen LogP) is 2.38. The molecule has 2 aliphatic rings. The summed E-state index contributed by atoms with van der Waals surface area (Å²) in [5.41, 5.74) is 0. The topological polar surface area (TPSA) is 106 Å². The second kappa shape index (κ2) is 8.68. The molecule has 0 N–H and O–H groups in total. The minimum absolute atomic E-state index is 0.0706. The zero-order valence-electron chi connectivity index (χ0n) is 18.3. The highest BCUT2D eigenvalue weighted by Gasteiger charge is 2.39. The molecule has 0 bridgehead atoms. The predicted molar refractivity (Wildman–Crippen MR) is 114 cm³/mol. The van der Waals surface area contributed by atoms with Gasteiger partial charge in [-0.1, -0.05) is 13.8 Å². The Balaban J connectivity index is 1.35. The number of carbonyl (C=O) groups excluding carboxylic acids is 1. The minimum Gasteiger partial charge on any atom is -0.477 e. The summed E-state index contributed by atoms with van der Waals surface area (Å²) in [7, 11) is -3.52. The Morgan fingerprint density at radius 2 is 1.91 bits per heavy atom. The van der Waals surface area contributed by atoms with Crippen molar-refractivity contribution in [1.29, 1.82) is 0 Å². The van der Waals surface area contributed by atoms with Gasteiger partial charge >= 0.3 is 0 Å². The van der Waals surface area contributed by atoms with E-state index in [-0.39, 0.29) is 28.5 Å². The Bertz CT molecular complexity index is 1100.